The average Bonchev–Trinajstić information content (AvgIpc) is 2.81. The number of nitrogens with zero attached hydrogens (tertiary/aromatic N) is 4. The third kappa shape index (κ3) is 5.43. The molecule has 0 spiro atoms. The number of primary amides is 1. The van der Waals surface area contributed by atoms with E-state index in [1.807, 2.05) is 36.1 Å². The zero-order valence-electron chi connectivity index (χ0n) is 18.7. The molecule has 2 fully saturated rings. The molecule has 3 N–H and O–H groups in total. The fourth-order valence-electron chi connectivity index (χ4n) is 4.63. The van der Waals surface area contributed by atoms with Crippen LogP contribution in [0.25, 0.3) is 0 Å². The third-order valence-corrected chi connectivity index (χ3v) is 6.56. The summed E-state index contributed by atoms with van der Waals surface area (Å²) >= 11 is 0. The van der Waals surface area contributed by atoms with Crippen molar-refractivity contribution < 1.29 is 9.59 Å². The van der Waals surface area contributed by atoms with Crippen molar-refractivity contribution in [1.29, 1.82) is 0 Å². The number of piperidine rings is 2. The molecule has 0 bridgehead atoms. The molecule has 2 amide bonds. The minimum Gasteiger partial charge on any atom is -0.369 e. The summed E-state index contributed by atoms with van der Waals surface area (Å²) in [5, 5.41) is 3.32. The topological polar surface area (TPSA) is 104 Å². The molecule has 8 heteroatoms. The van der Waals surface area contributed by atoms with Gasteiger partial charge in [-0.15, -0.1) is 0 Å². The Hall–Kier alpha value is -3.00. The largest absolute Gasteiger partial charge is 0.369 e. The number of nitrogens with one attached hydrogen (secondary N) is 1. The summed E-state index contributed by atoms with van der Waals surface area (Å²) in [4.78, 5) is 37.5. The lowest BCUT2D eigenvalue weighted by molar-refractivity contribution is -0.136. The van der Waals surface area contributed by atoms with Crippen molar-refractivity contribution in [2.24, 2.45) is 11.7 Å². The maximum atomic E-state index is 12.8. The second kappa shape index (κ2) is 10.1. The van der Waals surface area contributed by atoms with Crippen molar-refractivity contribution >= 4 is 23.5 Å². The Morgan fingerprint density at radius 2 is 1.94 bits per heavy atom. The fourth-order valence-corrected chi connectivity index (χ4v) is 4.63. The van der Waals surface area contributed by atoms with Gasteiger partial charge in [0.25, 0.3) is 0 Å². The maximum Gasteiger partial charge on any atom is 0.236 e. The number of pyridine rings is 2. The Morgan fingerprint density at radius 3 is 2.69 bits per heavy atom. The van der Waals surface area contributed by atoms with E-state index in [0.717, 1.165) is 48.8 Å². The van der Waals surface area contributed by atoms with Gasteiger partial charge in [-0.1, -0.05) is 12.1 Å². The number of aryl methyl sites for hydroxylation is 1. The number of rotatable bonds is 6. The summed E-state index contributed by atoms with van der Waals surface area (Å²) < 4.78 is 0. The molecular weight excluding hydrogens is 404 g/mol. The van der Waals surface area contributed by atoms with Crippen molar-refractivity contribution in [3.05, 3.63) is 47.8 Å². The van der Waals surface area contributed by atoms with Gasteiger partial charge in [-0.05, 0) is 62.9 Å². The molecule has 2 saturated heterocycles. The minimum absolute atomic E-state index is 0.0970. The van der Waals surface area contributed by atoms with Crippen molar-refractivity contribution in [2.45, 2.75) is 38.5 Å². The van der Waals surface area contributed by atoms with E-state index >= 15 is 0 Å². The summed E-state index contributed by atoms with van der Waals surface area (Å²) in [5.41, 5.74) is 7.52. The highest BCUT2D eigenvalue weighted by atomic mass is 16.2. The molecule has 4 heterocycles. The summed E-state index contributed by atoms with van der Waals surface area (Å²) in [7, 11) is 0. The van der Waals surface area contributed by atoms with Gasteiger partial charge in [0.05, 0.1) is 6.54 Å². The Bertz CT molecular complexity index is 957. The first kappa shape index (κ1) is 22.2. The van der Waals surface area contributed by atoms with Gasteiger partial charge in [-0.2, -0.15) is 0 Å². The highest BCUT2D eigenvalue weighted by molar-refractivity contribution is 5.80. The summed E-state index contributed by atoms with van der Waals surface area (Å²) in [5.74, 6) is 1.69. The van der Waals surface area contributed by atoms with Gasteiger partial charge < -0.3 is 16.0 Å². The molecule has 170 valence electrons. The van der Waals surface area contributed by atoms with E-state index in [9.17, 15) is 9.59 Å². The highest BCUT2D eigenvalue weighted by Crippen LogP contribution is 2.27. The van der Waals surface area contributed by atoms with E-state index < -0.39 is 0 Å². The van der Waals surface area contributed by atoms with Crippen LogP contribution in [0.4, 0.5) is 11.6 Å². The first-order valence-corrected chi connectivity index (χ1v) is 11.4. The van der Waals surface area contributed by atoms with Crippen molar-refractivity contribution in [3.8, 4) is 0 Å². The van der Waals surface area contributed by atoms with E-state index in [2.05, 4.69) is 21.3 Å². The Balaban J connectivity index is 1.34. The summed E-state index contributed by atoms with van der Waals surface area (Å²) in [6.45, 7) is 5.42. The quantitative estimate of drug-likeness (QED) is 0.721. The molecule has 0 aliphatic carbocycles. The van der Waals surface area contributed by atoms with Gasteiger partial charge in [0, 0.05) is 43.4 Å². The van der Waals surface area contributed by atoms with Gasteiger partial charge in [-0.25, -0.2) is 9.97 Å². The molecule has 2 aliphatic heterocycles. The van der Waals surface area contributed by atoms with E-state index in [0.29, 0.717) is 38.4 Å². The molecule has 0 aromatic carbocycles. The number of carbonyl (C=O) groups excluding carboxylic acids is 2. The molecule has 32 heavy (non-hydrogen) atoms. The van der Waals surface area contributed by atoms with Crippen LogP contribution >= 0.6 is 0 Å². The highest BCUT2D eigenvalue weighted by Gasteiger charge is 2.29. The number of amides is 2. The van der Waals surface area contributed by atoms with Crippen LogP contribution in [0, 0.1) is 12.8 Å². The van der Waals surface area contributed by atoms with E-state index in [1.165, 1.54) is 0 Å². The molecule has 0 radical (unpaired) electrons. The van der Waals surface area contributed by atoms with Crippen LogP contribution in [-0.4, -0.2) is 64.3 Å². The van der Waals surface area contributed by atoms with Crippen molar-refractivity contribution in [2.75, 3.05) is 38.0 Å². The molecule has 2 aliphatic rings. The number of nitrogens with two attached hydrogens (primary N) is 1. The van der Waals surface area contributed by atoms with Gasteiger partial charge in [0.2, 0.25) is 11.8 Å². The van der Waals surface area contributed by atoms with Gasteiger partial charge >= 0.3 is 0 Å². The van der Waals surface area contributed by atoms with E-state index in [-0.39, 0.29) is 17.7 Å². The smallest absolute Gasteiger partial charge is 0.236 e. The summed E-state index contributed by atoms with van der Waals surface area (Å²) in [6, 6.07) is 9.99. The molecule has 4 rings (SSSR count). The first-order valence-electron chi connectivity index (χ1n) is 11.4. The van der Waals surface area contributed by atoms with Gasteiger partial charge in [0.1, 0.15) is 11.6 Å². The second-order valence-corrected chi connectivity index (χ2v) is 8.87. The maximum absolute atomic E-state index is 12.8. The lowest BCUT2D eigenvalue weighted by Crippen LogP contribution is -2.47. The first-order chi connectivity index (χ1) is 15.5. The van der Waals surface area contributed by atoms with Crippen LogP contribution in [0.3, 0.4) is 0 Å². The molecule has 1 atom stereocenters. The van der Waals surface area contributed by atoms with Gasteiger partial charge in [0.15, 0.2) is 0 Å². The number of aromatic nitrogens is 2. The van der Waals surface area contributed by atoms with Crippen LogP contribution in [0.2, 0.25) is 0 Å². The zero-order chi connectivity index (χ0) is 22.5. The Kier molecular flexibility index (Phi) is 6.99. The standard InChI is InChI=1S/C24H32N6O2/c1-17-5-3-11-26-24(17)28-21-8-2-7-20(27-21)19-6-4-12-29(15-19)16-22(31)30-13-9-18(10-14-30)23(25)32/h2-3,5,7-8,11,18-19H,4,6,9-10,12-16H2,1H3,(H2,25,32)(H,26,27,28). The van der Waals surface area contributed by atoms with Crippen LogP contribution < -0.4 is 11.1 Å². The van der Waals surface area contributed by atoms with Crippen LogP contribution in [0.1, 0.15) is 42.9 Å². The number of hydrogen-bond donors (Lipinski definition) is 2. The van der Waals surface area contributed by atoms with Crippen molar-refractivity contribution in [1.82, 2.24) is 19.8 Å². The van der Waals surface area contributed by atoms with E-state index in [1.54, 1.807) is 6.20 Å². The number of hydrogen-bond acceptors (Lipinski definition) is 6. The van der Waals surface area contributed by atoms with E-state index in [4.69, 9.17) is 10.7 Å². The fraction of sp³-hybridized carbons (Fsp3) is 0.500. The second-order valence-electron chi connectivity index (χ2n) is 8.87. The lowest BCUT2D eigenvalue weighted by atomic mass is 9.94. The predicted molar refractivity (Wildman–Crippen MR) is 123 cm³/mol. The zero-order valence-corrected chi connectivity index (χ0v) is 18.7. The lowest BCUT2D eigenvalue weighted by Gasteiger charge is -2.35. The molecule has 2 aromatic heterocycles. The Labute approximate surface area is 189 Å². The number of carbonyl (C=O) groups is 2. The third-order valence-electron chi connectivity index (χ3n) is 6.56. The average molecular weight is 437 g/mol. The minimum atomic E-state index is -0.251. The van der Waals surface area contributed by atoms with Crippen LogP contribution in [0.5, 0.6) is 0 Å². The SMILES string of the molecule is Cc1cccnc1Nc1cccc(C2CCCN(CC(=O)N3CCC(C(N)=O)CC3)C2)n1. The van der Waals surface area contributed by atoms with Crippen molar-refractivity contribution in [3.63, 3.8) is 0 Å². The monoisotopic (exact) mass is 436 g/mol. The molecule has 1 unspecified atom stereocenters. The molecular formula is C24H32N6O2. The predicted octanol–water partition coefficient (Wildman–Crippen LogP) is 2.43. The molecule has 8 nitrogen and oxygen atoms in total. The normalized spacial score (nSPS) is 20.2. The van der Waals surface area contributed by atoms with Crippen LogP contribution in [-0.2, 0) is 9.59 Å². The Morgan fingerprint density at radius 1 is 1.12 bits per heavy atom. The number of likely N-dealkylation sites (tertiary alicyclic amines) is 2. The number of anilines is 2. The summed E-state index contributed by atoms with van der Waals surface area (Å²) in [6.07, 6.45) is 5.21. The molecule has 0 saturated carbocycles. The van der Waals surface area contributed by atoms with Gasteiger partial charge in [-0.3, -0.25) is 14.5 Å². The molecule has 2 aromatic rings. The van der Waals surface area contributed by atoms with Crippen LogP contribution in [0.15, 0.2) is 36.5 Å².